The first kappa shape index (κ1) is 20.4. The highest BCUT2D eigenvalue weighted by atomic mass is 35.5. The molecule has 2 amide bonds. The summed E-state index contributed by atoms with van der Waals surface area (Å²) in [5.41, 5.74) is 3.23. The van der Waals surface area contributed by atoms with E-state index in [2.05, 4.69) is 15.6 Å². The Balaban J connectivity index is 1.61. The number of hydrogen-bond donors (Lipinski definition) is 3. The standard InChI is InChI=1S/C25H20ClN3O2/c26-20-10-6-7-17(13-20)15-28-25(31)23(29-24(30)18-8-2-1-3-9-18)14-19-16-27-22-12-5-4-11-21(19)22/h1-14,16,27H,15H2,(H,28,31)(H,29,30)/b23-14+. The molecule has 0 radical (unpaired) electrons. The van der Waals surface area contributed by atoms with Gasteiger partial charge in [0.05, 0.1) is 0 Å². The summed E-state index contributed by atoms with van der Waals surface area (Å²) in [6, 6.07) is 23.8. The van der Waals surface area contributed by atoms with Crippen molar-refractivity contribution in [3.63, 3.8) is 0 Å². The molecular weight excluding hydrogens is 410 g/mol. The number of fused-ring (bicyclic) bond motifs is 1. The van der Waals surface area contributed by atoms with Crippen LogP contribution in [-0.4, -0.2) is 16.8 Å². The van der Waals surface area contributed by atoms with Gasteiger partial charge in [0.2, 0.25) is 0 Å². The van der Waals surface area contributed by atoms with E-state index in [0.717, 1.165) is 22.0 Å². The first-order valence-electron chi connectivity index (χ1n) is 9.77. The van der Waals surface area contributed by atoms with Gasteiger partial charge in [0, 0.05) is 39.8 Å². The molecule has 4 rings (SSSR count). The normalized spacial score (nSPS) is 11.3. The minimum Gasteiger partial charge on any atom is -0.361 e. The van der Waals surface area contributed by atoms with Gasteiger partial charge in [-0.1, -0.05) is 60.1 Å². The molecule has 0 saturated heterocycles. The van der Waals surface area contributed by atoms with Crippen LogP contribution >= 0.6 is 11.6 Å². The highest BCUT2D eigenvalue weighted by molar-refractivity contribution is 6.30. The van der Waals surface area contributed by atoms with E-state index in [1.54, 1.807) is 42.5 Å². The number of aromatic nitrogens is 1. The summed E-state index contributed by atoms with van der Waals surface area (Å²) in [4.78, 5) is 28.9. The molecule has 0 unspecified atom stereocenters. The SMILES string of the molecule is O=C(NCc1cccc(Cl)c1)/C(=C\c1c[nH]c2ccccc12)NC(=O)c1ccccc1. The topological polar surface area (TPSA) is 74.0 Å². The lowest BCUT2D eigenvalue weighted by molar-refractivity contribution is -0.117. The number of hydrogen-bond acceptors (Lipinski definition) is 2. The van der Waals surface area contributed by atoms with E-state index in [1.165, 1.54) is 0 Å². The maximum Gasteiger partial charge on any atom is 0.268 e. The van der Waals surface area contributed by atoms with Gasteiger partial charge in [-0.3, -0.25) is 9.59 Å². The number of nitrogens with one attached hydrogen (secondary N) is 3. The summed E-state index contributed by atoms with van der Waals surface area (Å²) >= 11 is 6.03. The van der Waals surface area contributed by atoms with E-state index in [4.69, 9.17) is 11.6 Å². The molecule has 1 heterocycles. The first-order valence-corrected chi connectivity index (χ1v) is 10.1. The number of para-hydroxylation sites is 1. The third kappa shape index (κ3) is 5.02. The maximum atomic E-state index is 13.0. The molecule has 0 aliphatic heterocycles. The zero-order valence-electron chi connectivity index (χ0n) is 16.6. The Kier molecular flexibility index (Phi) is 6.15. The Morgan fingerprint density at radius 2 is 1.71 bits per heavy atom. The highest BCUT2D eigenvalue weighted by Gasteiger charge is 2.15. The van der Waals surface area contributed by atoms with Crippen LogP contribution in [0.3, 0.4) is 0 Å². The molecule has 154 valence electrons. The summed E-state index contributed by atoms with van der Waals surface area (Å²) in [7, 11) is 0. The molecule has 0 aliphatic rings. The Hall–Kier alpha value is -3.83. The Morgan fingerprint density at radius 3 is 2.52 bits per heavy atom. The largest absolute Gasteiger partial charge is 0.361 e. The number of carbonyl (C=O) groups is 2. The van der Waals surface area contributed by atoms with Crippen molar-refractivity contribution in [2.75, 3.05) is 0 Å². The van der Waals surface area contributed by atoms with Crippen molar-refractivity contribution in [2.24, 2.45) is 0 Å². The van der Waals surface area contributed by atoms with Crippen LogP contribution in [0, 0.1) is 0 Å². The molecule has 0 aliphatic carbocycles. The molecular formula is C25H20ClN3O2. The third-order valence-electron chi connectivity index (χ3n) is 4.79. The van der Waals surface area contributed by atoms with Crippen LogP contribution in [0.2, 0.25) is 5.02 Å². The van der Waals surface area contributed by atoms with Gasteiger partial charge in [0.25, 0.3) is 11.8 Å². The number of rotatable bonds is 6. The molecule has 0 saturated carbocycles. The number of amides is 2. The second kappa shape index (κ2) is 9.32. The number of aromatic amines is 1. The van der Waals surface area contributed by atoms with Gasteiger partial charge in [-0.05, 0) is 42.0 Å². The summed E-state index contributed by atoms with van der Waals surface area (Å²) in [5.74, 6) is -0.751. The highest BCUT2D eigenvalue weighted by Crippen LogP contribution is 2.20. The van der Waals surface area contributed by atoms with Crippen LogP contribution in [-0.2, 0) is 11.3 Å². The third-order valence-corrected chi connectivity index (χ3v) is 5.03. The minimum absolute atomic E-state index is 0.153. The van der Waals surface area contributed by atoms with Gasteiger partial charge in [-0.2, -0.15) is 0 Å². The van der Waals surface area contributed by atoms with Gasteiger partial charge in [-0.25, -0.2) is 0 Å². The molecule has 0 bridgehead atoms. The maximum absolute atomic E-state index is 13.0. The Labute approximate surface area is 184 Å². The van der Waals surface area contributed by atoms with E-state index < -0.39 is 5.91 Å². The monoisotopic (exact) mass is 429 g/mol. The number of benzene rings is 3. The molecule has 3 N–H and O–H groups in total. The van der Waals surface area contributed by atoms with Crippen LogP contribution in [0.4, 0.5) is 0 Å². The average molecular weight is 430 g/mol. The van der Waals surface area contributed by atoms with Crippen LogP contribution < -0.4 is 10.6 Å². The first-order chi connectivity index (χ1) is 15.1. The zero-order chi connectivity index (χ0) is 21.6. The predicted octanol–water partition coefficient (Wildman–Crippen LogP) is 4.91. The van der Waals surface area contributed by atoms with E-state index in [0.29, 0.717) is 10.6 Å². The van der Waals surface area contributed by atoms with Gasteiger partial charge in [0.15, 0.2) is 0 Å². The van der Waals surface area contributed by atoms with E-state index >= 15 is 0 Å². The summed E-state index contributed by atoms with van der Waals surface area (Å²) in [6.45, 7) is 0.284. The lowest BCUT2D eigenvalue weighted by Gasteiger charge is -2.11. The van der Waals surface area contributed by atoms with Crippen molar-refractivity contribution in [2.45, 2.75) is 6.54 Å². The molecule has 1 aromatic heterocycles. The molecule has 31 heavy (non-hydrogen) atoms. The van der Waals surface area contributed by atoms with Crippen molar-refractivity contribution >= 4 is 40.4 Å². The molecule has 0 fully saturated rings. The lowest BCUT2D eigenvalue weighted by atomic mass is 10.1. The van der Waals surface area contributed by atoms with E-state index in [9.17, 15) is 9.59 Å². The Bertz CT molecular complexity index is 1260. The fourth-order valence-electron chi connectivity index (χ4n) is 3.24. The molecule has 5 nitrogen and oxygen atoms in total. The van der Waals surface area contributed by atoms with Crippen LogP contribution in [0.25, 0.3) is 17.0 Å². The van der Waals surface area contributed by atoms with Crippen molar-refractivity contribution in [1.82, 2.24) is 15.6 Å². The average Bonchev–Trinajstić information content (AvgIpc) is 3.20. The minimum atomic E-state index is -0.394. The fourth-order valence-corrected chi connectivity index (χ4v) is 3.45. The lowest BCUT2D eigenvalue weighted by Crippen LogP contribution is -2.34. The zero-order valence-corrected chi connectivity index (χ0v) is 17.3. The van der Waals surface area contributed by atoms with Gasteiger partial charge in [-0.15, -0.1) is 0 Å². The second-order valence-corrected chi connectivity index (χ2v) is 7.42. The van der Waals surface area contributed by atoms with Crippen molar-refractivity contribution in [1.29, 1.82) is 0 Å². The second-order valence-electron chi connectivity index (χ2n) is 6.98. The van der Waals surface area contributed by atoms with E-state index in [1.807, 2.05) is 48.7 Å². The van der Waals surface area contributed by atoms with Gasteiger partial charge >= 0.3 is 0 Å². The van der Waals surface area contributed by atoms with Crippen molar-refractivity contribution in [3.8, 4) is 0 Å². The quantitative estimate of drug-likeness (QED) is 0.381. The van der Waals surface area contributed by atoms with Crippen LogP contribution in [0.5, 0.6) is 0 Å². The predicted molar refractivity (Wildman–Crippen MR) is 123 cm³/mol. The summed E-state index contributed by atoms with van der Waals surface area (Å²) in [5, 5.41) is 7.16. The van der Waals surface area contributed by atoms with Gasteiger partial charge in [0.1, 0.15) is 5.70 Å². The van der Waals surface area contributed by atoms with E-state index in [-0.39, 0.29) is 18.1 Å². The van der Waals surface area contributed by atoms with Crippen LogP contribution in [0.1, 0.15) is 21.5 Å². The number of halogens is 1. The Morgan fingerprint density at radius 1 is 0.935 bits per heavy atom. The molecule has 0 atom stereocenters. The molecule has 0 spiro atoms. The number of H-pyrrole nitrogens is 1. The van der Waals surface area contributed by atoms with Crippen molar-refractivity contribution in [3.05, 3.63) is 112 Å². The smallest absolute Gasteiger partial charge is 0.268 e. The summed E-state index contributed by atoms with van der Waals surface area (Å²) < 4.78 is 0. The number of carbonyl (C=O) groups excluding carboxylic acids is 2. The molecule has 3 aromatic carbocycles. The fraction of sp³-hybridized carbons (Fsp3) is 0.0400. The van der Waals surface area contributed by atoms with Gasteiger partial charge < -0.3 is 15.6 Å². The molecule has 4 aromatic rings. The molecule has 6 heteroatoms. The summed E-state index contributed by atoms with van der Waals surface area (Å²) in [6.07, 6.45) is 3.48. The van der Waals surface area contributed by atoms with Crippen molar-refractivity contribution < 1.29 is 9.59 Å². The van der Waals surface area contributed by atoms with Crippen LogP contribution in [0.15, 0.2) is 90.8 Å².